The molecule has 1 aromatic carbocycles. The van der Waals surface area contributed by atoms with E-state index in [2.05, 4.69) is 20.6 Å². The van der Waals surface area contributed by atoms with Gasteiger partial charge in [0.05, 0.1) is 36.0 Å². The van der Waals surface area contributed by atoms with Gasteiger partial charge in [-0.2, -0.15) is 13.2 Å². The number of hydrogen-bond donors (Lipinski definition) is 2. The van der Waals surface area contributed by atoms with Crippen LogP contribution in [-0.4, -0.2) is 42.3 Å². The Labute approximate surface area is 163 Å². The van der Waals surface area contributed by atoms with Crippen molar-refractivity contribution in [3.8, 4) is 0 Å². The number of rotatable bonds is 4. The van der Waals surface area contributed by atoms with Crippen LogP contribution in [0, 0.1) is 0 Å². The predicted molar refractivity (Wildman–Crippen MR) is 97.4 cm³/mol. The summed E-state index contributed by atoms with van der Waals surface area (Å²) in [5.41, 5.74) is -0.470. The number of morpholine rings is 1. The maximum Gasteiger partial charge on any atom is 0.417 e. The number of nitrogens with zero attached hydrogens (tertiary/aromatic N) is 3. The monoisotopic (exact) mass is 415 g/mol. The lowest BCUT2D eigenvalue weighted by molar-refractivity contribution is -0.137. The van der Waals surface area contributed by atoms with Crippen molar-refractivity contribution in [2.75, 3.05) is 36.5 Å². The van der Waals surface area contributed by atoms with Crippen LogP contribution >= 0.6 is 11.6 Å². The topological polar surface area (TPSA) is 79.4 Å². The zero-order valence-corrected chi connectivity index (χ0v) is 15.3. The molecule has 150 valence electrons. The van der Waals surface area contributed by atoms with E-state index in [-0.39, 0.29) is 12.2 Å². The van der Waals surface area contributed by atoms with Crippen LogP contribution in [0.1, 0.15) is 11.3 Å². The number of benzene rings is 1. The average molecular weight is 416 g/mol. The van der Waals surface area contributed by atoms with E-state index in [1.807, 2.05) is 4.90 Å². The molecule has 0 aliphatic carbocycles. The first-order chi connectivity index (χ1) is 13.3. The van der Waals surface area contributed by atoms with Gasteiger partial charge in [-0.05, 0) is 24.3 Å². The van der Waals surface area contributed by atoms with Crippen molar-refractivity contribution in [2.45, 2.75) is 12.7 Å². The molecule has 1 saturated heterocycles. The molecular formula is C17H17ClF3N5O2. The highest BCUT2D eigenvalue weighted by atomic mass is 35.5. The zero-order chi connectivity index (χ0) is 20.1. The maximum atomic E-state index is 12.9. The fourth-order valence-corrected chi connectivity index (χ4v) is 2.79. The molecule has 1 aliphatic heterocycles. The van der Waals surface area contributed by atoms with E-state index >= 15 is 0 Å². The van der Waals surface area contributed by atoms with Crippen LogP contribution in [0.25, 0.3) is 0 Å². The maximum absolute atomic E-state index is 12.9. The van der Waals surface area contributed by atoms with Gasteiger partial charge in [-0.15, -0.1) is 0 Å². The summed E-state index contributed by atoms with van der Waals surface area (Å²) < 4.78 is 43.9. The van der Waals surface area contributed by atoms with Gasteiger partial charge in [0.1, 0.15) is 0 Å². The molecule has 0 bridgehead atoms. The summed E-state index contributed by atoms with van der Waals surface area (Å²) in [6.45, 7) is 2.63. The Morgan fingerprint density at radius 2 is 2.00 bits per heavy atom. The van der Waals surface area contributed by atoms with Crippen molar-refractivity contribution in [1.82, 2.24) is 15.3 Å². The molecule has 0 unspecified atom stereocenters. The lowest BCUT2D eigenvalue weighted by Gasteiger charge is -2.26. The standard InChI is InChI=1S/C17H17ClF3N5O2/c18-14-2-1-11(9-13(14)17(19,20)21)25-16(27)23-10-12-3-4-22-15(24-12)26-5-7-28-8-6-26/h1-4,9H,5-8,10H2,(H2,23,25,27). The predicted octanol–water partition coefficient (Wildman–Crippen LogP) is 3.31. The Morgan fingerprint density at radius 1 is 1.25 bits per heavy atom. The van der Waals surface area contributed by atoms with E-state index in [4.69, 9.17) is 16.3 Å². The molecule has 0 saturated carbocycles. The minimum Gasteiger partial charge on any atom is -0.378 e. The summed E-state index contributed by atoms with van der Waals surface area (Å²) in [5.74, 6) is 0.538. The number of aromatic nitrogens is 2. The summed E-state index contributed by atoms with van der Waals surface area (Å²) in [5, 5.41) is 4.47. The number of carbonyl (C=O) groups is 1. The average Bonchev–Trinajstić information content (AvgIpc) is 2.68. The van der Waals surface area contributed by atoms with E-state index in [1.54, 1.807) is 12.3 Å². The summed E-state index contributed by atoms with van der Waals surface area (Å²) >= 11 is 5.56. The van der Waals surface area contributed by atoms with Crippen LogP contribution in [0.15, 0.2) is 30.5 Å². The van der Waals surface area contributed by atoms with Crippen molar-refractivity contribution in [1.29, 1.82) is 0 Å². The van der Waals surface area contributed by atoms with Crippen molar-refractivity contribution in [3.05, 3.63) is 46.7 Å². The van der Waals surface area contributed by atoms with E-state index < -0.39 is 22.8 Å². The van der Waals surface area contributed by atoms with Gasteiger partial charge in [-0.3, -0.25) is 0 Å². The van der Waals surface area contributed by atoms with Crippen LogP contribution in [0.5, 0.6) is 0 Å². The molecule has 7 nitrogen and oxygen atoms in total. The van der Waals surface area contributed by atoms with Crippen LogP contribution in [0.2, 0.25) is 5.02 Å². The molecule has 2 N–H and O–H groups in total. The van der Waals surface area contributed by atoms with Crippen molar-refractivity contribution in [2.24, 2.45) is 0 Å². The SMILES string of the molecule is O=C(NCc1ccnc(N2CCOCC2)n1)Nc1ccc(Cl)c(C(F)(F)F)c1. The summed E-state index contributed by atoms with van der Waals surface area (Å²) in [6, 6.07) is 4.14. The summed E-state index contributed by atoms with van der Waals surface area (Å²) in [7, 11) is 0. The first kappa shape index (κ1) is 20.2. The number of carbonyl (C=O) groups excluding carboxylic acids is 1. The van der Waals surface area contributed by atoms with Gasteiger partial charge in [0.2, 0.25) is 5.95 Å². The number of alkyl halides is 3. The van der Waals surface area contributed by atoms with E-state index in [9.17, 15) is 18.0 Å². The highest BCUT2D eigenvalue weighted by Crippen LogP contribution is 2.36. The normalized spacial score (nSPS) is 14.6. The molecule has 28 heavy (non-hydrogen) atoms. The molecule has 0 spiro atoms. The molecule has 1 aromatic heterocycles. The molecule has 2 aromatic rings. The van der Waals surface area contributed by atoms with E-state index in [0.717, 1.165) is 12.1 Å². The van der Waals surface area contributed by atoms with Crippen LogP contribution < -0.4 is 15.5 Å². The largest absolute Gasteiger partial charge is 0.417 e. The zero-order valence-electron chi connectivity index (χ0n) is 14.6. The minimum atomic E-state index is -4.61. The minimum absolute atomic E-state index is 0.0223. The van der Waals surface area contributed by atoms with Gasteiger partial charge < -0.3 is 20.3 Å². The van der Waals surface area contributed by atoms with Crippen molar-refractivity contribution < 1.29 is 22.7 Å². The van der Waals surface area contributed by atoms with Gasteiger partial charge in [0.15, 0.2) is 0 Å². The Balaban J connectivity index is 1.59. The molecule has 3 rings (SSSR count). The van der Waals surface area contributed by atoms with Crippen molar-refractivity contribution in [3.63, 3.8) is 0 Å². The first-order valence-electron chi connectivity index (χ1n) is 8.39. The Morgan fingerprint density at radius 3 is 2.71 bits per heavy atom. The summed E-state index contributed by atoms with van der Waals surface area (Å²) in [6.07, 6.45) is -3.02. The van der Waals surface area contributed by atoms with Gasteiger partial charge in [0, 0.05) is 25.0 Å². The van der Waals surface area contributed by atoms with E-state index in [0.29, 0.717) is 37.9 Å². The third kappa shape index (κ3) is 5.23. The van der Waals surface area contributed by atoms with Gasteiger partial charge >= 0.3 is 12.2 Å². The highest BCUT2D eigenvalue weighted by molar-refractivity contribution is 6.31. The Kier molecular flexibility index (Phi) is 6.20. The third-order valence-corrected chi connectivity index (χ3v) is 4.28. The van der Waals surface area contributed by atoms with Crippen LogP contribution in [0.3, 0.4) is 0 Å². The number of halogens is 4. The molecule has 11 heteroatoms. The van der Waals surface area contributed by atoms with Crippen LogP contribution in [-0.2, 0) is 17.5 Å². The number of nitrogens with one attached hydrogen (secondary N) is 2. The lowest BCUT2D eigenvalue weighted by atomic mass is 10.2. The van der Waals surface area contributed by atoms with Gasteiger partial charge in [0.25, 0.3) is 0 Å². The molecule has 2 amide bonds. The molecule has 0 atom stereocenters. The number of ether oxygens (including phenoxy) is 1. The molecule has 2 heterocycles. The smallest absolute Gasteiger partial charge is 0.378 e. The fraction of sp³-hybridized carbons (Fsp3) is 0.353. The number of anilines is 2. The number of amides is 2. The number of urea groups is 1. The Bertz CT molecular complexity index is 844. The van der Waals surface area contributed by atoms with Gasteiger partial charge in [-0.25, -0.2) is 14.8 Å². The third-order valence-electron chi connectivity index (χ3n) is 3.95. The molecular weight excluding hydrogens is 399 g/mol. The second kappa shape index (κ2) is 8.61. The Hall–Kier alpha value is -2.59. The highest BCUT2D eigenvalue weighted by Gasteiger charge is 2.33. The number of hydrogen-bond acceptors (Lipinski definition) is 5. The molecule has 1 fully saturated rings. The quantitative estimate of drug-likeness (QED) is 0.801. The van der Waals surface area contributed by atoms with E-state index in [1.165, 1.54) is 6.07 Å². The second-order valence-electron chi connectivity index (χ2n) is 5.95. The van der Waals surface area contributed by atoms with Gasteiger partial charge in [-0.1, -0.05) is 11.6 Å². The lowest BCUT2D eigenvalue weighted by Crippen LogP contribution is -2.37. The molecule has 0 radical (unpaired) electrons. The first-order valence-corrected chi connectivity index (χ1v) is 8.77. The summed E-state index contributed by atoms with van der Waals surface area (Å²) in [4.78, 5) is 22.6. The second-order valence-corrected chi connectivity index (χ2v) is 6.35. The fourth-order valence-electron chi connectivity index (χ4n) is 2.57. The van der Waals surface area contributed by atoms with Crippen LogP contribution in [0.4, 0.5) is 29.6 Å². The van der Waals surface area contributed by atoms with Crippen molar-refractivity contribution >= 4 is 29.3 Å². The molecule has 1 aliphatic rings.